The number of guanidine groups is 1. The van der Waals surface area contributed by atoms with E-state index >= 15 is 0 Å². The maximum absolute atomic E-state index is 12.5. The minimum Gasteiger partial charge on any atom is -0.354 e. The molecular formula is C18H28N4OS. The van der Waals surface area contributed by atoms with Gasteiger partial charge in [0.2, 0.25) is 5.91 Å². The lowest BCUT2D eigenvalue weighted by atomic mass is 9.87. The van der Waals surface area contributed by atoms with Gasteiger partial charge in [-0.3, -0.25) is 9.79 Å². The molecule has 1 aliphatic carbocycles. The number of aliphatic imine (C=N–C) groups is 1. The van der Waals surface area contributed by atoms with Gasteiger partial charge in [-0.25, -0.2) is 0 Å². The van der Waals surface area contributed by atoms with Crippen molar-refractivity contribution in [2.24, 2.45) is 10.9 Å². The number of fused-ring (bicyclic) bond motifs is 1. The van der Waals surface area contributed by atoms with Crippen molar-refractivity contribution >= 4 is 23.2 Å². The normalized spacial score (nSPS) is 24.4. The number of carbonyl (C=O) groups is 1. The van der Waals surface area contributed by atoms with Crippen LogP contribution >= 0.6 is 11.3 Å². The maximum atomic E-state index is 12.5. The van der Waals surface area contributed by atoms with E-state index in [1.54, 1.807) is 18.4 Å². The van der Waals surface area contributed by atoms with Crippen LogP contribution < -0.4 is 10.6 Å². The van der Waals surface area contributed by atoms with Gasteiger partial charge in [0.05, 0.1) is 6.54 Å². The number of amides is 1. The predicted octanol–water partition coefficient (Wildman–Crippen LogP) is 2.38. The second kappa shape index (κ2) is 8.01. The summed E-state index contributed by atoms with van der Waals surface area (Å²) < 4.78 is 0. The summed E-state index contributed by atoms with van der Waals surface area (Å²) in [5, 5.41) is 8.78. The van der Waals surface area contributed by atoms with Crippen LogP contribution in [0.4, 0.5) is 0 Å². The second-order valence-corrected chi connectivity index (χ2v) is 7.96. The Morgan fingerprint density at radius 2 is 2.17 bits per heavy atom. The molecule has 1 saturated carbocycles. The third-order valence-corrected chi connectivity index (χ3v) is 6.17. The van der Waals surface area contributed by atoms with Crippen LogP contribution in [0.5, 0.6) is 0 Å². The summed E-state index contributed by atoms with van der Waals surface area (Å²) in [6.45, 7) is 4.19. The van der Waals surface area contributed by atoms with Crippen molar-refractivity contribution in [3.05, 3.63) is 21.9 Å². The molecule has 2 aliphatic rings. The Morgan fingerprint density at radius 3 is 2.92 bits per heavy atom. The molecule has 1 amide bonds. The summed E-state index contributed by atoms with van der Waals surface area (Å²) in [4.78, 5) is 20.1. The average molecular weight is 349 g/mol. The zero-order chi connectivity index (χ0) is 16.9. The van der Waals surface area contributed by atoms with Crippen LogP contribution in [0.3, 0.4) is 0 Å². The van der Waals surface area contributed by atoms with E-state index in [4.69, 9.17) is 0 Å². The number of hydrogen-bond donors (Lipinski definition) is 2. The summed E-state index contributed by atoms with van der Waals surface area (Å²) in [5.41, 5.74) is 1.30. The van der Waals surface area contributed by atoms with Gasteiger partial charge in [0.25, 0.3) is 0 Å². The molecule has 1 fully saturated rings. The Bertz CT molecular complexity index is 590. The molecule has 24 heavy (non-hydrogen) atoms. The van der Waals surface area contributed by atoms with Crippen LogP contribution in [0.2, 0.25) is 0 Å². The number of nitrogens with zero attached hydrogens (tertiary/aromatic N) is 2. The number of carbonyl (C=O) groups excluding carboxylic acids is 1. The first-order chi connectivity index (χ1) is 11.7. The zero-order valence-electron chi connectivity index (χ0n) is 14.7. The van der Waals surface area contributed by atoms with Crippen LogP contribution in [0.1, 0.15) is 43.0 Å². The van der Waals surface area contributed by atoms with Crippen LogP contribution in [0.25, 0.3) is 0 Å². The molecule has 2 heterocycles. The van der Waals surface area contributed by atoms with E-state index in [0.29, 0.717) is 12.6 Å². The Kier molecular flexibility index (Phi) is 5.76. The predicted molar refractivity (Wildman–Crippen MR) is 99.4 cm³/mol. The quantitative estimate of drug-likeness (QED) is 0.651. The molecule has 3 rings (SSSR count). The lowest BCUT2D eigenvalue weighted by Gasteiger charge is -2.29. The first kappa shape index (κ1) is 17.3. The van der Waals surface area contributed by atoms with Gasteiger partial charge >= 0.3 is 0 Å². The molecule has 0 bridgehead atoms. The topological polar surface area (TPSA) is 56.7 Å². The van der Waals surface area contributed by atoms with Gasteiger partial charge in [0.15, 0.2) is 5.96 Å². The number of rotatable bonds is 3. The molecule has 6 heteroatoms. The molecule has 132 valence electrons. The third-order valence-electron chi connectivity index (χ3n) is 5.15. The summed E-state index contributed by atoms with van der Waals surface area (Å²) in [6.07, 6.45) is 5.88. The van der Waals surface area contributed by atoms with Gasteiger partial charge in [0.1, 0.15) is 0 Å². The van der Waals surface area contributed by atoms with Gasteiger partial charge in [-0.05, 0) is 55.0 Å². The molecule has 5 nitrogen and oxygen atoms in total. The molecule has 1 aromatic rings. The third kappa shape index (κ3) is 4.29. The highest BCUT2D eigenvalue weighted by atomic mass is 32.1. The summed E-state index contributed by atoms with van der Waals surface area (Å²) in [5.74, 6) is 1.73. The van der Waals surface area contributed by atoms with Crippen LogP contribution in [0.15, 0.2) is 16.4 Å². The fraction of sp³-hybridized carbons (Fsp3) is 0.667. The molecule has 0 aromatic carbocycles. The van der Waals surface area contributed by atoms with Crippen molar-refractivity contribution < 1.29 is 4.79 Å². The molecular weight excluding hydrogens is 320 g/mol. The number of thiophene rings is 1. The van der Waals surface area contributed by atoms with E-state index in [-0.39, 0.29) is 5.91 Å². The average Bonchev–Trinajstić information content (AvgIpc) is 3.07. The summed E-state index contributed by atoms with van der Waals surface area (Å²) >= 11 is 1.80. The Morgan fingerprint density at radius 1 is 1.38 bits per heavy atom. The number of hydrogen-bond acceptors (Lipinski definition) is 3. The van der Waals surface area contributed by atoms with Crippen molar-refractivity contribution in [2.45, 2.75) is 51.6 Å². The van der Waals surface area contributed by atoms with E-state index < -0.39 is 0 Å². The molecule has 1 aromatic heterocycles. The lowest BCUT2D eigenvalue weighted by Crippen LogP contribution is -2.48. The molecule has 0 atom stereocenters. The fourth-order valence-corrected chi connectivity index (χ4v) is 4.41. The molecule has 0 radical (unpaired) electrons. The van der Waals surface area contributed by atoms with Crippen LogP contribution in [-0.4, -0.2) is 42.9 Å². The standard InChI is InChI=1S/C18H28N4OS/c1-13-3-5-15(6-4-13)21-18(19-2)20-11-17(23)22-9-7-16-14(12-22)8-10-24-16/h8,10,13,15H,3-7,9,11-12H2,1-2H3,(H2,19,20,21). The van der Waals surface area contributed by atoms with Crippen molar-refractivity contribution in [1.82, 2.24) is 15.5 Å². The largest absolute Gasteiger partial charge is 0.354 e. The minimum atomic E-state index is 0.145. The molecule has 0 spiro atoms. The minimum absolute atomic E-state index is 0.145. The Balaban J connectivity index is 1.45. The SMILES string of the molecule is CN=C(NCC(=O)N1CCc2sccc2C1)NC1CCC(C)CC1. The first-order valence-electron chi connectivity index (χ1n) is 8.96. The first-order valence-corrected chi connectivity index (χ1v) is 9.84. The summed E-state index contributed by atoms with van der Waals surface area (Å²) in [6, 6.07) is 2.61. The van der Waals surface area contributed by atoms with Crippen LogP contribution in [0, 0.1) is 5.92 Å². The fourth-order valence-electron chi connectivity index (χ4n) is 3.52. The molecule has 2 N–H and O–H groups in total. The van der Waals surface area contributed by atoms with Gasteiger partial charge in [-0.15, -0.1) is 11.3 Å². The highest BCUT2D eigenvalue weighted by Crippen LogP contribution is 2.24. The number of nitrogens with one attached hydrogen (secondary N) is 2. The highest BCUT2D eigenvalue weighted by Gasteiger charge is 2.22. The second-order valence-electron chi connectivity index (χ2n) is 6.96. The Hall–Kier alpha value is -1.56. The van der Waals surface area contributed by atoms with E-state index in [2.05, 4.69) is 34.0 Å². The molecule has 0 unspecified atom stereocenters. The Labute approximate surface area is 148 Å². The molecule has 0 saturated heterocycles. The van der Waals surface area contributed by atoms with Gasteiger partial charge in [0, 0.05) is 31.1 Å². The van der Waals surface area contributed by atoms with Crippen molar-refractivity contribution in [3.8, 4) is 0 Å². The van der Waals surface area contributed by atoms with Crippen molar-refractivity contribution in [1.29, 1.82) is 0 Å². The zero-order valence-corrected chi connectivity index (χ0v) is 15.5. The maximum Gasteiger partial charge on any atom is 0.242 e. The van der Waals surface area contributed by atoms with Gasteiger partial charge in [-0.2, -0.15) is 0 Å². The summed E-state index contributed by atoms with van der Waals surface area (Å²) in [7, 11) is 1.77. The van der Waals surface area contributed by atoms with Crippen LogP contribution in [-0.2, 0) is 17.8 Å². The monoisotopic (exact) mass is 348 g/mol. The highest BCUT2D eigenvalue weighted by molar-refractivity contribution is 7.10. The van der Waals surface area contributed by atoms with Crippen molar-refractivity contribution in [2.75, 3.05) is 20.1 Å². The van der Waals surface area contributed by atoms with E-state index in [9.17, 15) is 4.79 Å². The van der Waals surface area contributed by atoms with Gasteiger partial charge in [-0.1, -0.05) is 6.92 Å². The molecule has 1 aliphatic heterocycles. The van der Waals surface area contributed by atoms with E-state index in [1.165, 1.54) is 36.1 Å². The lowest BCUT2D eigenvalue weighted by molar-refractivity contribution is -0.130. The van der Waals surface area contributed by atoms with E-state index in [0.717, 1.165) is 31.4 Å². The van der Waals surface area contributed by atoms with Gasteiger partial charge < -0.3 is 15.5 Å². The van der Waals surface area contributed by atoms with Crippen molar-refractivity contribution in [3.63, 3.8) is 0 Å². The smallest absolute Gasteiger partial charge is 0.242 e. The van der Waals surface area contributed by atoms with E-state index in [1.807, 2.05) is 4.90 Å².